The highest BCUT2D eigenvalue weighted by Crippen LogP contribution is 2.34. The van der Waals surface area contributed by atoms with E-state index in [0.717, 1.165) is 5.56 Å². The molecular formula is C23H18N2O5. The Morgan fingerprint density at radius 1 is 1.07 bits per heavy atom. The first-order valence-electron chi connectivity index (χ1n) is 9.22. The Labute approximate surface area is 171 Å². The van der Waals surface area contributed by atoms with Crippen molar-refractivity contribution in [1.82, 2.24) is 4.98 Å². The molecule has 0 saturated heterocycles. The number of oxazole rings is 1. The molecule has 0 fully saturated rings. The first-order chi connectivity index (χ1) is 14.5. The molecule has 30 heavy (non-hydrogen) atoms. The van der Waals surface area contributed by atoms with Crippen LogP contribution in [-0.2, 0) is 4.79 Å². The third kappa shape index (κ3) is 4.15. The molecule has 0 saturated carbocycles. The van der Waals surface area contributed by atoms with Crippen LogP contribution in [0.4, 0.5) is 5.69 Å². The average molecular weight is 402 g/mol. The fraction of sp³-hybridized carbons (Fsp3) is 0.0870. The van der Waals surface area contributed by atoms with Crippen LogP contribution in [-0.4, -0.2) is 28.6 Å². The summed E-state index contributed by atoms with van der Waals surface area (Å²) in [5.41, 5.74) is 3.79. The number of aliphatic carboxylic acids is 1. The smallest absolute Gasteiger partial charge is 0.341 e. The number of carboxylic acids is 1. The van der Waals surface area contributed by atoms with Gasteiger partial charge in [-0.25, -0.2) is 9.78 Å². The maximum Gasteiger partial charge on any atom is 0.341 e. The second-order valence-corrected chi connectivity index (χ2v) is 6.70. The van der Waals surface area contributed by atoms with Crippen LogP contribution < -0.4 is 10.1 Å². The predicted molar refractivity (Wildman–Crippen MR) is 112 cm³/mol. The van der Waals surface area contributed by atoms with Gasteiger partial charge in [0.15, 0.2) is 12.2 Å². The number of carbonyl (C=O) groups is 2. The number of hydrogen-bond acceptors (Lipinski definition) is 5. The van der Waals surface area contributed by atoms with Crippen molar-refractivity contribution in [1.29, 1.82) is 0 Å². The average Bonchev–Trinajstić information content (AvgIpc) is 3.16. The number of carbonyl (C=O) groups excluding carboxylic acids is 1. The fourth-order valence-electron chi connectivity index (χ4n) is 2.93. The lowest BCUT2D eigenvalue weighted by Gasteiger charge is -2.11. The lowest BCUT2D eigenvalue weighted by molar-refractivity contribution is -0.139. The molecule has 7 nitrogen and oxygen atoms in total. The van der Waals surface area contributed by atoms with Crippen LogP contribution in [0.1, 0.15) is 15.9 Å². The number of hydrogen-bond donors (Lipinski definition) is 2. The lowest BCUT2D eigenvalue weighted by atomic mass is 10.1. The van der Waals surface area contributed by atoms with Gasteiger partial charge in [0.25, 0.3) is 5.91 Å². The molecule has 2 N–H and O–H groups in total. The molecule has 7 heteroatoms. The monoisotopic (exact) mass is 402 g/mol. The minimum Gasteiger partial charge on any atom is -0.481 e. The normalized spacial score (nSPS) is 10.7. The number of para-hydroxylation sites is 2. The summed E-state index contributed by atoms with van der Waals surface area (Å²) < 4.78 is 11.2. The second-order valence-electron chi connectivity index (χ2n) is 6.70. The topological polar surface area (TPSA) is 102 Å². The second kappa shape index (κ2) is 8.08. The largest absolute Gasteiger partial charge is 0.481 e. The summed E-state index contributed by atoms with van der Waals surface area (Å²) >= 11 is 0. The van der Waals surface area contributed by atoms with E-state index in [1.54, 1.807) is 36.4 Å². The number of nitrogens with one attached hydrogen (secondary N) is 1. The lowest BCUT2D eigenvalue weighted by Crippen LogP contribution is -2.13. The minimum absolute atomic E-state index is 0.241. The van der Waals surface area contributed by atoms with E-state index in [0.29, 0.717) is 33.8 Å². The van der Waals surface area contributed by atoms with E-state index in [1.165, 1.54) is 0 Å². The maximum atomic E-state index is 12.5. The molecule has 1 amide bonds. The van der Waals surface area contributed by atoms with E-state index >= 15 is 0 Å². The Kier molecular flexibility index (Phi) is 5.17. The van der Waals surface area contributed by atoms with Gasteiger partial charge < -0.3 is 19.6 Å². The quantitative estimate of drug-likeness (QED) is 0.492. The van der Waals surface area contributed by atoms with Crippen LogP contribution in [0.2, 0.25) is 0 Å². The molecule has 0 bridgehead atoms. The molecule has 0 spiro atoms. The van der Waals surface area contributed by atoms with Gasteiger partial charge in [0, 0.05) is 17.3 Å². The third-order valence-corrected chi connectivity index (χ3v) is 4.43. The van der Waals surface area contributed by atoms with Crippen molar-refractivity contribution >= 4 is 28.7 Å². The maximum absolute atomic E-state index is 12.5. The SMILES string of the molecule is Cc1ccc(C(=O)Nc2ccc(-c3nc4ccccc4o3)c(OCC(=O)O)c2)cc1. The summed E-state index contributed by atoms with van der Waals surface area (Å²) in [7, 11) is 0. The number of aryl methyl sites for hydroxylation is 1. The van der Waals surface area contributed by atoms with E-state index in [1.807, 2.05) is 37.3 Å². The predicted octanol–water partition coefficient (Wildman–Crippen LogP) is 4.52. The molecule has 4 aromatic rings. The van der Waals surface area contributed by atoms with Crippen molar-refractivity contribution in [2.24, 2.45) is 0 Å². The van der Waals surface area contributed by atoms with E-state index in [-0.39, 0.29) is 11.7 Å². The molecule has 1 aromatic heterocycles. The number of anilines is 1. The highest BCUT2D eigenvalue weighted by atomic mass is 16.5. The molecular weight excluding hydrogens is 384 g/mol. The summed E-state index contributed by atoms with van der Waals surface area (Å²) in [6.45, 7) is 1.40. The van der Waals surface area contributed by atoms with Gasteiger partial charge in [0.2, 0.25) is 5.89 Å². The van der Waals surface area contributed by atoms with Crippen molar-refractivity contribution in [2.75, 3.05) is 11.9 Å². The molecule has 0 radical (unpaired) electrons. The first kappa shape index (κ1) is 19.2. The van der Waals surface area contributed by atoms with Crippen LogP contribution in [0.3, 0.4) is 0 Å². The molecule has 3 aromatic carbocycles. The number of aromatic nitrogens is 1. The molecule has 0 aliphatic rings. The number of carboxylic acid groups (broad SMARTS) is 1. The zero-order valence-electron chi connectivity index (χ0n) is 16.1. The molecule has 0 atom stereocenters. The Bertz CT molecular complexity index is 1200. The highest BCUT2D eigenvalue weighted by Gasteiger charge is 2.16. The third-order valence-electron chi connectivity index (χ3n) is 4.43. The summed E-state index contributed by atoms with van der Waals surface area (Å²) in [6.07, 6.45) is 0. The summed E-state index contributed by atoms with van der Waals surface area (Å²) in [5, 5.41) is 11.8. The molecule has 150 valence electrons. The van der Waals surface area contributed by atoms with Gasteiger partial charge >= 0.3 is 5.97 Å². The van der Waals surface area contributed by atoms with Gasteiger partial charge in [-0.3, -0.25) is 4.79 Å². The van der Waals surface area contributed by atoms with Crippen LogP contribution in [0.25, 0.3) is 22.6 Å². The molecule has 0 aliphatic carbocycles. The van der Waals surface area contributed by atoms with E-state index < -0.39 is 12.6 Å². The number of amides is 1. The zero-order chi connectivity index (χ0) is 21.1. The fourth-order valence-corrected chi connectivity index (χ4v) is 2.93. The number of nitrogens with zero attached hydrogens (tertiary/aromatic N) is 1. The van der Waals surface area contributed by atoms with Gasteiger partial charge in [0.1, 0.15) is 11.3 Å². The standard InChI is InChI=1S/C23H18N2O5/c1-14-6-8-15(9-7-14)22(28)24-16-10-11-17(20(12-16)29-13-21(26)27)23-25-18-4-2-3-5-19(18)30-23/h2-12H,13H2,1H3,(H,24,28)(H,26,27). The Morgan fingerprint density at radius 3 is 2.57 bits per heavy atom. The van der Waals surface area contributed by atoms with Gasteiger partial charge in [-0.05, 0) is 43.3 Å². The summed E-state index contributed by atoms with van der Waals surface area (Å²) in [4.78, 5) is 27.9. The van der Waals surface area contributed by atoms with E-state index in [2.05, 4.69) is 10.3 Å². The van der Waals surface area contributed by atoms with Crippen molar-refractivity contribution in [3.8, 4) is 17.2 Å². The van der Waals surface area contributed by atoms with Crippen LogP contribution in [0, 0.1) is 6.92 Å². The van der Waals surface area contributed by atoms with Crippen LogP contribution >= 0.6 is 0 Å². The van der Waals surface area contributed by atoms with Gasteiger partial charge in [0.05, 0.1) is 5.56 Å². The van der Waals surface area contributed by atoms with Gasteiger partial charge in [-0.2, -0.15) is 0 Å². The van der Waals surface area contributed by atoms with Crippen molar-refractivity contribution in [2.45, 2.75) is 6.92 Å². The van der Waals surface area contributed by atoms with Crippen molar-refractivity contribution in [3.63, 3.8) is 0 Å². The Hall–Kier alpha value is -4.13. The number of fused-ring (bicyclic) bond motifs is 1. The first-order valence-corrected chi connectivity index (χ1v) is 9.22. The molecule has 1 heterocycles. The van der Waals surface area contributed by atoms with Crippen molar-refractivity contribution in [3.05, 3.63) is 77.9 Å². The number of rotatable bonds is 6. The van der Waals surface area contributed by atoms with Crippen LogP contribution in [0.5, 0.6) is 5.75 Å². The number of benzene rings is 3. The van der Waals surface area contributed by atoms with E-state index in [4.69, 9.17) is 14.3 Å². The zero-order valence-corrected chi connectivity index (χ0v) is 16.1. The summed E-state index contributed by atoms with van der Waals surface area (Å²) in [5.74, 6) is -0.861. The summed E-state index contributed by atoms with van der Waals surface area (Å²) in [6, 6.07) is 19.4. The Balaban J connectivity index is 1.66. The van der Waals surface area contributed by atoms with Gasteiger partial charge in [-0.15, -0.1) is 0 Å². The van der Waals surface area contributed by atoms with Crippen molar-refractivity contribution < 1.29 is 23.8 Å². The highest BCUT2D eigenvalue weighted by molar-refractivity contribution is 6.04. The van der Waals surface area contributed by atoms with E-state index in [9.17, 15) is 9.59 Å². The molecule has 0 aliphatic heterocycles. The number of ether oxygens (including phenoxy) is 1. The van der Waals surface area contributed by atoms with Gasteiger partial charge in [-0.1, -0.05) is 29.8 Å². The minimum atomic E-state index is -1.12. The van der Waals surface area contributed by atoms with Crippen LogP contribution in [0.15, 0.2) is 71.1 Å². The molecule has 4 rings (SSSR count). The Morgan fingerprint density at radius 2 is 1.83 bits per heavy atom. The molecule has 0 unspecified atom stereocenters.